The van der Waals surface area contributed by atoms with E-state index in [0.717, 1.165) is 11.6 Å². The molecule has 2 amide bonds. The molecule has 0 saturated carbocycles. The smallest absolute Gasteiger partial charge is 0.275 e. The molecule has 1 aromatic carbocycles. The van der Waals surface area contributed by atoms with Gasteiger partial charge in [0, 0.05) is 31.7 Å². The van der Waals surface area contributed by atoms with Crippen LogP contribution in [-0.4, -0.2) is 31.0 Å². The summed E-state index contributed by atoms with van der Waals surface area (Å²) >= 11 is 0. The summed E-state index contributed by atoms with van der Waals surface area (Å²) < 4.78 is 31.5. The van der Waals surface area contributed by atoms with Crippen molar-refractivity contribution in [3.8, 4) is 0 Å². The van der Waals surface area contributed by atoms with Crippen molar-refractivity contribution in [3.63, 3.8) is 0 Å². The van der Waals surface area contributed by atoms with Crippen LogP contribution in [0.3, 0.4) is 0 Å². The van der Waals surface area contributed by atoms with Crippen molar-refractivity contribution in [1.82, 2.24) is 19.2 Å². The molecule has 4 rings (SSSR count). The lowest BCUT2D eigenvalue weighted by molar-refractivity contribution is 0.101. The van der Waals surface area contributed by atoms with E-state index in [1.54, 1.807) is 23.7 Å². The minimum Gasteiger partial charge on any atom is -0.319 e. The second kappa shape index (κ2) is 7.39. The Labute approximate surface area is 169 Å². The molecular weight excluding hydrogens is 394 g/mol. The first-order valence-corrected chi connectivity index (χ1v) is 8.86. The van der Waals surface area contributed by atoms with Gasteiger partial charge in [-0.1, -0.05) is 6.07 Å². The normalized spacial score (nSPS) is 10.9. The fraction of sp³-hybridized carbons (Fsp3) is 0.100. The van der Waals surface area contributed by atoms with Gasteiger partial charge in [-0.2, -0.15) is 5.10 Å². The maximum atomic E-state index is 14.2. The highest BCUT2D eigenvalue weighted by Gasteiger charge is 2.20. The number of rotatable bonds is 4. The molecule has 0 unspecified atom stereocenters. The Hall–Kier alpha value is -4.08. The van der Waals surface area contributed by atoms with Crippen LogP contribution in [0, 0.1) is 18.6 Å². The summed E-state index contributed by atoms with van der Waals surface area (Å²) in [6.07, 6.45) is 6.13. The molecular formula is C20H16F2N6O2. The summed E-state index contributed by atoms with van der Waals surface area (Å²) in [6.45, 7) is 1.84. The zero-order valence-corrected chi connectivity index (χ0v) is 16.0. The van der Waals surface area contributed by atoms with E-state index in [9.17, 15) is 18.4 Å². The maximum absolute atomic E-state index is 14.2. The molecule has 10 heteroatoms. The number of pyridine rings is 1. The third-order valence-corrected chi connectivity index (χ3v) is 4.42. The third kappa shape index (κ3) is 3.62. The van der Waals surface area contributed by atoms with Crippen LogP contribution in [0.15, 0.2) is 49.1 Å². The molecule has 0 saturated heterocycles. The molecule has 0 radical (unpaired) electrons. The van der Waals surface area contributed by atoms with Crippen LogP contribution in [-0.2, 0) is 7.05 Å². The van der Waals surface area contributed by atoms with Gasteiger partial charge in [0.2, 0.25) is 0 Å². The summed E-state index contributed by atoms with van der Waals surface area (Å²) in [5, 5.41) is 8.70. The van der Waals surface area contributed by atoms with Gasteiger partial charge in [0.1, 0.15) is 23.0 Å². The molecule has 0 aliphatic rings. The fourth-order valence-corrected chi connectivity index (χ4v) is 2.95. The highest BCUT2D eigenvalue weighted by Crippen LogP contribution is 2.22. The average molecular weight is 410 g/mol. The van der Waals surface area contributed by atoms with Crippen molar-refractivity contribution in [1.29, 1.82) is 0 Å². The van der Waals surface area contributed by atoms with Gasteiger partial charge in [0.15, 0.2) is 0 Å². The molecule has 0 aliphatic heterocycles. The minimum absolute atomic E-state index is 0.0504. The summed E-state index contributed by atoms with van der Waals surface area (Å²) in [4.78, 5) is 29.2. The van der Waals surface area contributed by atoms with Gasteiger partial charge in [-0.05, 0) is 24.6 Å². The number of aryl methyl sites for hydroxylation is 2. The van der Waals surface area contributed by atoms with Crippen molar-refractivity contribution < 1.29 is 18.4 Å². The number of aromatic nitrogens is 4. The van der Waals surface area contributed by atoms with Gasteiger partial charge in [0.25, 0.3) is 11.8 Å². The van der Waals surface area contributed by atoms with Crippen LogP contribution in [0.2, 0.25) is 0 Å². The SMILES string of the molecule is Cc1cccn2cc(C(=O)Nc3cc(C(=O)Nc4cnn(C)c4)c(F)cc3F)nc12. The second-order valence-corrected chi connectivity index (χ2v) is 6.67. The number of amides is 2. The van der Waals surface area contributed by atoms with Crippen molar-refractivity contribution in [2.24, 2.45) is 7.05 Å². The van der Waals surface area contributed by atoms with E-state index in [4.69, 9.17) is 0 Å². The molecule has 3 heterocycles. The number of halogens is 2. The Morgan fingerprint density at radius 2 is 1.87 bits per heavy atom. The average Bonchev–Trinajstić information content (AvgIpc) is 3.30. The molecule has 0 spiro atoms. The molecule has 0 atom stereocenters. The Morgan fingerprint density at radius 1 is 1.07 bits per heavy atom. The second-order valence-electron chi connectivity index (χ2n) is 6.67. The number of hydrogen-bond acceptors (Lipinski definition) is 4. The number of carbonyl (C=O) groups excluding carboxylic acids is 2. The number of anilines is 2. The van der Waals surface area contributed by atoms with Gasteiger partial charge in [0.05, 0.1) is 23.1 Å². The van der Waals surface area contributed by atoms with Gasteiger partial charge < -0.3 is 15.0 Å². The number of hydrogen-bond donors (Lipinski definition) is 2. The molecule has 2 N–H and O–H groups in total. The standard InChI is InChI=1S/C20H16F2N6O2/c1-11-4-3-5-28-10-17(25-18(11)28)20(30)26-16-6-13(14(21)7-15(16)22)19(29)24-12-8-23-27(2)9-12/h3-10H,1-2H3,(H,24,29)(H,26,30). The zero-order chi connectivity index (χ0) is 21.4. The minimum atomic E-state index is -1.06. The third-order valence-electron chi connectivity index (χ3n) is 4.42. The number of carbonyl (C=O) groups is 2. The lowest BCUT2D eigenvalue weighted by Crippen LogP contribution is -2.17. The summed E-state index contributed by atoms with van der Waals surface area (Å²) in [5.41, 5.74) is 1.07. The van der Waals surface area contributed by atoms with E-state index in [1.165, 1.54) is 23.3 Å². The van der Waals surface area contributed by atoms with Crippen LogP contribution >= 0.6 is 0 Å². The molecule has 0 fully saturated rings. The van der Waals surface area contributed by atoms with E-state index in [2.05, 4.69) is 20.7 Å². The van der Waals surface area contributed by atoms with E-state index in [0.29, 0.717) is 17.4 Å². The van der Waals surface area contributed by atoms with Crippen LogP contribution in [0.4, 0.5) is 20.2 Å². The van der Waals surface area contributed by atoms with Gasteiger partial charge in [-0.15, -0.1) is 0 Å². The lowest BCUT2D eigenvalue weighted by Gasteiger charge is -2.09. The number of benzene rings is 1. The molecule has 30 heavy (non-hydrogen) atoms. The van der Waals surface area contributed by atoms with Crippen LogP contribution in [0.1, 0.15) is 26.4 Å². The van der Waals surface area contributed by atoms with E-state index >= 15 is 0 Å². The molecule has 4 aromatic rings. The summed E-state index contributed by atoms with van der Waals surface area (Å²) in [5.74, 6) is -3.57. The Bertz CT molecular complexity index is 1290. The fourth-order valence-electron chi connectivity index (χ4n) is 2.95. The zero-order valence-electron chi connectivity index (χ0n) is 16.0. The number of imidazole rings is 1. The molecule has 152 valence electrons. The highest BCUT2D eigenvalue weighted by atomic mass is 19.1. The molecule has 3 aromatic heterocycles. The lowest BCUT2D eigenvalue weighted by atomic mass is 10.1. The molecule has 8 nitrogen and oxygen atoms in total. The van der Waals surface area contributed by atoms with E-state index in [1.807, 2.05) is 13.0 Å². The summed E-state index contributed by atoms with van der Waals surface area (Å²) in [7, 11) is 1.66. The van der Waals surface area contributed by atoms with Gasteiger partial charge in [-0.25, -0.2) is 13.8 Å². The topological polar surface area (TPSA) is 93.3 Å². The highest BCUT2D eigenvalue weighted by molar-refractivity contribution is 6.07. The van der Waals surface area contributed by atoms with Crippen LogP contribution < -0.4 is 10.6 Å². The quantitative estimate of drug-likeness (QED) is 0.541. The van der Waals surface area contributed by atoms with Gasteiger partial charge >= 0.3 is 0 Å². The van der Waals surface area contributed by atoms with Crippen molar-refractivity contribution in [3.05, 3.63) is 77.5 Å². The Kier molecular flexibility index (Phi) is 4.74. The summed E-state index contributed by atoms with van der Waals surface area (Å²) in [6, 6.07) is 5.13. The Morgan fingerprint density at radius 3 is 2.57 bits per heavy atom. The predicted molar refractivity (Wildman–Crippen MR) is 105 cm³/mol. The first-order valence-electron chi connectivity index (χ1n) is 8.86. The largest absolute Gasteiger partial charge is 0.319 e. The maximum Gasteiger partial charge on any atom is 0.275 e. The first kappa shape index (κ1) is 19.2. The molecule has 0 bridgehead atoms. The van der Waals surface area contributed by atoms with Crippen LogP contribution in [0.5, 0.6) is 0 Å². The van der Waals surface area contributed by atoms with Crippen molar-refractivity contribution >= 4 is 28.8 Å². The van der Waals surface area contributed by atoms with E-state index < -0.39 is 29.0 Å². The number of fused-ring (bicyclic) bond motifs is 1. The van der Waals surface area contributed by atoms with Crippen LogP contribution in [0.25, 0.3) is 5.65 Å². The Balaban J connectivity index is 1.60. The predicted octanol–water partition coefficient (Wildman–Crippen LogP) is 3.16. The number of nitrogens with one attached hydrogen (secondary N) is 2. The van der Waals surface area contributed by atoms with Crippen molar-refractivity contribution in [2.45, 2.75) is 6.92 Å². The molecule has 0 aliphatic carbocycles. The van der Waals surface area contributed by atoms with Gasteiger partial charge in [-0.3, -0.25) is 14.3 Å². The van der Waals surface area contributed by atoms with Crippen molar-refractivity contribution in [2.75, 3.05) is 10.6 Å². The number of nitrogens with zero attached hydrogens (tertiary/aromatic N) is 4. The van der Waals surface area contributed by atoms with E-state index in [-0.39, 0.29) is 11.4 Å². The monoisotopic (exact) mass is 410 g/mol. The first-order chi connectivity index (χ1) is 14.3.